The van der Waals surface area contributed by atoms with Gasteiger partial charge in [0.1, 0.15) is 0 Å². The lowest BCUT2D eigenvalue weighted by Gasteiger charge is -1.96. The second kappa shape index (κ2) is 16.9. The lowest BCUT2D eigenvalue weighted by atomic mass is 10.4. The van der Waals surface area contributed by atoms with E-state index >= 15 is 0 Å². The van der Waals surface area contributed by atoms with Crippen molar-refractivity contribution in [2.24, 2.45) is 0 Å². The van der Waals surface area contributed by atoms with Crippen LogP contribution in [0, 0.1) is 0 Å². The Kier molecular flexibility index (Phi) is 19.5. The molecule has 0 aromatic carbocycles. The van der Waals surface area contributed by atoms with Gasteiger partial charge in [-0.05, 0) is 27.7 Å². The van der Waals surface area contributed by atoms with Crippen LogP contribution < -0.4 is 0 Å². The highest BCUT2D eigenvalue weighted by Gasteiger charge is 1.98. The Morgan fingerprint density at radius 3 is 1.15 bits per heavy atom. The number of rotatable bonds is 5. The molecule has 0 unspecified atom stereocenters. The number of esters is 2. The largest absolute Gasteiger partial charge is 0.463 e. The quantitative estimate of drug-likeness (QED) is 0.439. The Morgan fingerprint density at radius 1 is 0.850 bits per heavy atom. The third-order valence-corrected chi connectivity index (χ3v) is 1.41. The molecule has 0 aliphatic carbocycles. The Morgan fingerprint density at radius 2 is 1.10 bits per heavy atom. The topological polar surface area (TPSA) is 52.6 Å². The molecule has 114 valence electrons. The third-order valence-electron chi connectivity index (χ3n) is 1.41. The van der Waals surface area contributed by atoms with E-state index in [0.717, 1.165) is 0 Å². The van der Waals surface area contributed by atoms with E-state index in [1.54, 1.807) is 39.8 Å². The van der Waals surface area contributed by atoms with Gasteiger partial charge in [-0.2, -0.15) is 0 Å². The Bertz CT molecular complexity index is 306. The summed E-state index contributed by atoms with van der Waals surface area (Å²) in [6.45, 7) is 21.1. The molecule has 0 saturated carbocycles. The van der Waals surface area contributed by atoms with Crippen LogP contribution >= 0.6 is 0 Å². The lowest BCUT2D eigenvalue weighted by Crippen LogP contribution is -2.03. The first-order valence-electron chi connectivity index (χ1n) is 6.16. The first kappa shape index (κ1) is 23.0. The summed E-state index contributed by atoms with van der Waals surface area (Å²) in [6.07, 6.45) is 3.28. The van der Waals surface area contributed by atoms with E-state index in [4.69, 9.17) is 0 Å². The van der Waals surface area contributed by atoms with E-state index in [-0.39, 0.29) is 11.9 Å². The normalized spacial score (nSPS) is 7.60. The second-order valence-electron chi connectivity index (χ2n) is 3.47. The summed E-state index contributed by atoms with van der Waals surface area (Å²) in [7, 11) is 0. The van der Waals surface area contributed by atoms with Crippen molar-refractivity contribution in [2.75, 3.05) is 13.2 Å². The number of ether oxygens (including phenoxy) is 2. The van der Waals surface area contributed by atoms with E-state index in [2.05, 4.69) is 35.8 Å². The fourth-order valence-electron chi connectivity index (χ4n) is 0.509. The van der Waals surface area contributed by atoms with Gasteiger partial charge in [0.15, 0.2) is 0 Å². The first-order valence-corrected chi connectivity index (χ1v) is 6.16. The van der Waals surface area contributed by atoms with Crippen LogP contribution in [0.15, 0.2) is 49.6 Å². The fourth-order valence-corrected chi connectivity index (χ4v) is 0.509. The van der Waals surface area contributed by atoms with Gasteiger partial charge in [0.05, 0.1) is 13.2 Å². The molecule has 0 aliphatic rings. The van der Waals surface area contributed by atoms with Crippen molar-refractivity contribution in [2.45, 2.75) is 27.7 Å². The average Bonchev–Trinajstić information content (AvgIpc) is 2.40. The number of allylic oxidation sites excluding steroid dienone is 2. The molecule has 4 nitrogen and oxygen atoms in total. The van der Waals surface area contributed by atoms with Crippen LogP contribution in [0.4, 0.5) is 0 Å². The first-order chi connectivity index (χ1) is 9.28. The zero-order chi connectivity index (χ0) is 16.6. The van der Waals surface area contributed by atoms with Crippen LogP contribution in [0.1, 0.15) is 27.7 Å². The van der Waals surface area contributed by atoms with Gasteiger partial charge in [-0.3, -0.25) is 0 Å². The summed E-state index contributed by atoms with van der Waals surface area (Å²) in [5.41, 5.74) is 0.902. The fraction of sp³-hybridized carbons (Fsp3) is 0.375. The van der Waals surface area contributed by atoms with Gasteiger partial charge in [0.25, 0.3) is 0 Å². The van der Waals surface area contributed by atoms with E-state index in [9.17, 15) is 9.59 Å². The van der Waals surface area contributed by atoms with Gasteiger partial charge in [-0.1, -0.05) is 38.5 Å². The maximum atomic E-state index is 10.4. The molecule has 4 heteroatoms. The average molecular weight is 282 g/mol. The predicted molar refractivity (Wildman–Crippen MR) is 83.3 cm³/mol. The Balaban J connectivity index is -0.000000230. The molecule has 0 bridgehead atoms. The second-order valence-corrected chi connectivity index (χ2v) is 3.47. The molecular weight excluding hydrogens is 256 g/mol. The number of hydrogen-bond donors (Lipinski definition) is 0. The molecular formula is C16H26O4. The monoisotopic (exact) mass is 282 g/mol. The minimum Gasteiger partial charge on any atom is -0.463 e. The zero-order valence-electron chi connectivity index (χ0n) is 13.0. The standard InChI is InChI=1S/2C6H10O2.C4H6/c2*1-4-8-6(7)5(2)3;1-3-4-2/h2*2,4H2,1,3H3;3-4H,1-2H2. The van der Waals surface area contributed by atoms with Crippen LogP contribution in [0.3, 0.4) is 0 Å². The molecule has 0 aliphatic heterocycles. The third kappa shape index (κ3) is 21.2. The van der Waals surface area contributed by atoms with E-state index < -0.39 is 0 Å². The summed E-state index contributed by atoms with van der Waals surface area (Å²) in [5.74, 6) is -0.625. The van der Waals surface area contributed by atoms with Crippen molar-refractivity contribution >= 4 is 11.9 Å². The predicted octanol–water partition coefficient (Wildman–Crippen LogP) is 3.61. The highest BCUT2D eigenvalue weighted by Crippen LogP contribution is 1.90. The summed E-state index contributed by atoms with van der Waals surface area (Å²) < 4.78 is 9.13. The van der Waals surface area contributed by atoms with Crippen molar-refractivity contribution in [3.63, 3.8) is 0 Å². The number of carbonyl (C=O) groups excluding carboxylic acids is 2. The van der Waals surface area contributed by atoms with Crippen LogP contribution in [0.2, 0.25) is 0 Å². The van der Waals surface area contributed by atoms with Crippen LogP contribution in [0.5, 0.6) is 0 Å². The molecule has 0 amide bonds. The zero-order valence-corrected chi connectivity index (χ0v) is 13.0. The molecule has 0 rings (SSSR count). The molecule has 0 N–H and O–H groups in total. The minimum atomic E-state index is -0.312. The van der Waals surface area contributed by atoms with E-state index in [1.165, 1.54) is 0 Å². The van der Waals surface area contributed by atoms with Gasteiger partial charge in [-0.25, -0.2) is 9.59 Å². The molecule has 0 heterocycles. The van der Waals surface area contributed by atoms with Crippen molar-refractivity contribution in [1.82, 2.24) is 0 Å². The molecule has 0 aromatic heterocycles. The van der Waals surface area contributed by atoms with Gasteiger partial charge in [0.2, 0.25) is 0 Å². The smallest absolute Gasteiger partial charge is 0.333 e. The van der Waals surface area contributed by atoms with E-state index in [1.807, 2.05) is 0 Å². The van der Waals surface area contributed by atoms with Crippen LogP contribution in [0.25, 0.3) is 0 Å². The molecule has 0 aromatic rings. The van der Waals surface area contributed by atoms with E-state index in [0.29, 0.717) is 24.4 Å². The molecule has 0 atom stereocenters. The Hall–Kier alpha value is -2.10. The van der Waals surface area contributed by atoms with Crippen molar-refractivity contribution in [1.29, 1.82) is 0 Å². The maximum Gasteiger partial charge on any atom is 0.333 e. The van der Waals surface area contributed by atoms with Crippen LogP contribution in [-0.2, 0) is 19.1 Å². The molecule has 0 saturated heterocycles. The summed E-state index contributed by atoms with van der Waals surface area (Å²) >= 11 is 0. The maximum absolute atomic E-state index is 10.4. The molecule has 0 spiro atoms. The van der Waals surface area contributed by atoms with Crippen molar-refractivity contribution in [3.05, 3.63) is 49.6 Å². The number of carbonyl (C=O) groups is 2. The van der Waals surface area contributed by atoms with Crippen molar-refractivity contribution < 1.29 is 19.1 Å². The van der Waals surface area contributed by atoms with Crippen molar-refractivity contribution in [3.8, 4) is 0 Å². The highest BCUT2D eigenvalue weighted by molar-refractivity contribution is 5.87. The molecule has 20 heavy (non-hydrogen) atoms. The summed E-state index contributed by atoms with van der Waals surface area (Å²) in [4.78, 5) is 20.8. The van der Waals surface area contributed by atoms with Crippen LogP contribution in [-0.4, -0.2) is 25.2 Å². The molecule has 0 fully saturated rings. The van der Waals surface area contributed by atoms with Gasteiger partial charge in [-0.15, -0.1) is 0 Å². The number of hydrogen-bond acceptors (Lipinski definition) is 4. The highest BCUT2D eigenvalue weighted by atomic mass is 16.5. The van der Waals surface area contributed by atoms with Gasteiger partial charge >= 0.3 is 11.9 Å². The van der Waals surface area contributed by atoms with Gasteiger partial charge < -0.3 is 9.47 Å². The molecule has 0 radical (unpaired) electrons. The SMILES string of the molecule is C=C(C)C(=O)OCC.C=C(C)C(=O)OCC.C=CC=C. The minimum absolute atomic E-state index is 0.312. The summed E-state index contributed by atoms with van der Waals surface area (Å²) in [6, 6.07) is 0. The van der Waals surface area contributed by atoms with Gasteiger partial charge in [0, 0.05) is 11.1 Å². The lowest BCUT2D eigenvalue weighted by molar-refractivity contribution is -0.139. The Labute approximate surface area is 122 Å². The summed E-state index contributed by atoms with van der Waals surface area (Å²) in [5, 5.41) is 0.